The molecule has 0 aromatic carbocycles. The lowest BCUT2D eigenvalue weighted by atomic mass is 10.0. The fourth-order valence-electron chi connectivity index (χ4n) is 4.15. The quantitative estimate of drug-likeness (QED) is 0.388. The average molecular weight is 506 g/mol. The van der Waals surface area contributed by atoms with Crippen molar-refractivity contribution in [2.75, 3.05) is 31.2 Å². The number of rotatable bonds is 8. The Morgan fingerprint density at radius 3 is 2.82 bits per heavy atom. The number of anilines is 1. The van der Waals surface area contributed by atoms with Gasteiger partial charge in [0.15, 0.2) is 0 Å². The fourth-order valence-corrected chi connectivity index (χ4v) is 6.75. The second-order valence-corrected chi connectivity index (χ2v) is 18.3. The molecule has 2 aliphatic rings. The van der Waals surface area contributed by atoms with Gasteiger partial charge in [0.2, 0.25) is 15.9 Å². The summed E-state index contributed by atoms with van der Waals surface area (Å²) in [5, 5.41) is 0.847. The third-order valence-corrected chi connectivity index (χ3v) is 10.4. The second kappa shape index (κ2) is 9.39. The van der Waals surface area contributed by atoms with Crippen molar-refractivity contribution >= 4 is 34.8 Å². The molecule has 8 nitrogen and oxygen atoms in total. The number of aromatic nitrogens is 2. The Balaban J connectivity index is 1.64. The highest BCUT2D eigenvalue weighted by Crippen LogP contribution is 2.40. The minimum absolute atomic E-state index is 0.274. The molecule has 10 heteroatoms. The van der Waals surface area contributed by atoms with Crippen molar-refractivity contribution in [2.24, 2.45) is 0 Å². The van der Waals surface area contributed by atoms with E-state index in [0.717, 1.165) is 17.1 Å². The molecule has 34 heavy (non-hydrogen) atoms. The van der Waals surface area contributed by atoms with E-state index in [9.17, 15) is 8.42 Å². The minimum Gasteiger partial charge on any atom is -0.501 e. The summed E-state index contributed by atoms with van der Waals surface area (Å²) >= 11 is 0. The topological polar surface area (TPSA) is 82.9 Å². The van der Waals surface area contributed by atoms with Crippen molar-refractivity contribution in [3.8, 4) is 5.88 Å². The summed E-state index contributed by atoms with van der Waals surface area (Å²) in [5.74, 6) is 0.973. The van der Waals surface area contributed by atoms with Crippen LogP contribution in [-0.2, 0) is 26.2 Å². The van der Waals surface area contributed by atoms with E-state index in [4.69, 9.17) is 19.2 Å². The van der Waals surface area contributed by atoms with Crippen LogP contribution in [-0.4, -0.2) is 57.7 Å². The monoisotopic (exact) mass is 505 g/mol. The van der Waals surface area contributed by atoms with Crippen LogP contribution in [0.25, 0.3) is 11.0 Å². The number of hydrogen-bond donors (Lipinski definition) is 0. The van der Waals surface area contributed by atoms with Gasteiger partial charge in [-0.25, -0.2) is 8.42 Å². The minimum atomic E-state index is -3.78. The predicted octanol–water partition coefficient (Wildman–Crippen LogP) is 4.52. The van der Waals surface area contributed by atoms with Gasteiger partial charge in [-0.3, -0.25) is 4.31 Å². The smallest absolute Gasteiger partial charge is 0.244 e. The van der Waals surface area contributed by atoms with E-state index in [1.165, 1.54) is 4.31 Å². The summed E-state index contributed by atoms with van der Waals surface area (Å²) in [6.07, 6.45) is 8.05. The van der Waals surface area contributed by atoms with Gasteiger partial charge < -0.3 is 18.8 Å². The Kier molecular flexibility index (Phi) is 6.85. The highest BCUT2D eigenvalue weighted by Gasteiger charge is 2.44. The number of hydrogen-bond acceptors (Lipinski definition) is 6. The largest absolute Gasteiger partial charge is 0.501 e. The van der Waals surface area contributed by atoms with Gasteiger partial charge in [-0.1, -0.05) is 31.8 Å². The summed E-state index contributed by atoms with van der Waals surface area (Å²) in [4.78, 5) is 4.74. The number of ether oxygens (including phenoxy) is 3. The Morgan fingerprint density at radius 2 is 2.09 bits per heavy atom. The van der Waals surface area contributed by atoms with Crippen LogP contribution < -0.4 is 9.04 Å². The molecule has 2 aromatic rings. The van der Waals surface area contributed by atoms with E-state index in [1.54, 1.807) is 32.3 Å². The average Bonchev–Trinajstić information content (AvgIpc) is 3.03. The van der Waals surface area contributed by atoms with Gasteiger partial charge in [-0.05, 0) is 31.2 Å². The highest BCUT2D eigenvalue weighted by molar-refractivity contribution is 7.94. The molecule has 3 heterocycles. The van der Waals surface area contributed by atoms with Gasteiger partial charge in [0.25, 0.3) is 0 Å². The van der Waals surface area contributed by atoms with Crippen molar-refractivity contribution in [2.45, 2.75) is 56.9 Å². The molecule has 2 aromatic heterocycles. The van der Waals surface area contributed by atoms with Crippen molar-refractivity contribution < 1.29 is 22.6 Å². The van der Waals surface area contributed by atoms with Crippen molar-refractivity contribution in [1.82, 2.24) is 9.55 Å². The molecule has 186 valence electrons. The summed E-state index contributed by atoms with van der Waals surface area (Å²) in [5.41, 5.74) is 1.20. The maximum absolute atomic E-state index is 13.9. The van der Waals surface area contributed by atoms with Gasteiger partial charge in [0.05, 0.1) is 19.5 Å². The molecule has 0 saturated heterocycles. The van der Waals surface area contributed by atoms with Crippen LogP contribution in [0.3, 0.4) is 0 Å². The third kappa shape index (κ3) is 4.89. The molecule has 0 amide bonds. The lowest BCUT2D eigenvalue weighted by Crippen LogP contribution is -2.47. The number of nitrogens with zero attached hydrogens (tertiary/aromatic N) is 3. The Morgan fingerprint density at radius 1 is 1.29 bits per heavy atom. The first-order valence-electron chi connectivity index (χ1n) is 11.7. The van der Waals surface area contributed by atoms with E-state index in [0.29, 0.717) is 50.2 Å². The zero-order valence-corrected chi connectivity index (χ0v) is 22.5. The standard InChI is InChI=1S/C24H35N3O5SSi/c1-24(10-6-8-20(17-24)30-2)33(28,29)27-11-7-13-32-23-21(27)16-19-9-12-26(22(19)25-23)18-31-14-15-34(3,4)5/h6,8-10,12,16H,7,11,13-15,17-18H2,1-5H3. The van der Waals surface area contributed by atoms with Crippen LogP contribution >= 0.6 is 0 Å². The molecule has 0 radical (unpaired) electrons. The van der Waals surface area contributed by atoms with Crippen LogP contribution in [0.1, 0.15) is 19.8 Å². The Labute approximate surface area is 203 Å². The molecule has 0 fully saturated rings. The lowest BCUT2D eigenvalue weighted by Gasteiger charge is -2.35. The van der Waals surface area contributed by atoms with Gasteiger partial charge in [-0.2, -0.15) is 4.98 Å². The van der Waals surface area contributed by atoms with E-state index in [2.05, 4.69) is 19.6 Å². The van der Waals surface area contributed by atoms with Crippen molar-refractivity contribution in [3.63, 3.8) is 0 Å². The van der Waals surface area contributed by atoms with Crippen LogP contribution in [0.5, 0.6) is 5.88 Å². The first-order valence-corrected chi connectivity index (χ1v) is 16.8. The van der Waals surface area contributed by atoms with Crippen LogP contribution in [0, 0.1) is 0 Å². The molecular formula is C24H35N3O5SSi. The first-order chi connectivity index (χ1) is 16.0. The molecule has 4 rings (SSSR count). The lowest BCUT2D eigenvalue weighted by molar-refractivity contribution is 0.0898. The molecule has 1 unspecified atom stereocenters. The van der Waals surface area contributed by atoms with Gasteiger partial charge in [0.1, 0.15) is 22.8 Å². The highest BCUT2D eigenvalue weighted by atomic mass is 32.2. The Bertz CT molecular complexity index is 1220. The van der Waals surface area contributed by atoms with E-state index >= 15 is 0 Å². The summed E-state index contributed by atoms with van der Waals surface area (Å²) < 4.78 is 47.3. The van der Waals surface area contributed by atoms with Crippen LogP contribution in [0.15, 0.2) is 42.3 Å². The van der Waals surface area contributed by atoms with Gasteiger partial charge in [0, 0.05) is 45.7 Å². The molecule has 1 atom stereocenters. The maximum Gasteiger partial charge on any atom is 0.244 e. The maximum atomic E-state index is 13.9. The molecule has 1 aliphatic heterocycles. The molecule has 0 bridgehead atoms. The van der Waals surface area contributed by atoms with Gasteiger partial charge in [-0.15, -0.1) is 0 Å². The molecule has 0 N–H and O–H groups in total. The zero-order valence-electron chi connectivity index (χ0n) is 20.7. The second-order valence-electron chi connectivity index (χ2n) is 10.3. The third-order valence-electron chi connectivity index (χ3n) is 6.32. The summed E-state index contributed by atoms with van der Waals surface area (Å²) in [7, 11) is -3.38. The Hall–Kier alpha value is -2.30. The van der Waals surface area contributed by atoms with Crippen molar-refractivity contribution in [1.29, 1.82) is 0 Å². The number of allylic oxidation sites excluding steroid dienone is 3. The van der Waals surface area contributed by atoms with E-state index in [1.807, 2.05) is 22.9 Å². The number of sulfonamides is 1. The molecule has 1 aliphatic carbocycles. The van der Waals surface area contributed by atoms with Gasteiger partial charge >= 0.3 is 0 Å². The number of pyridine rings is 1. The zero-order chi connectivity index (χ0) is 24.6. The van der Waals surface area contributed by atoms with Crippen LogP contribution in [0.4, 0.5) is 5.69 Å². The SMILES string of the molecule is COC1=CC=CC(C)(S(=O)(=O)N2CCCOc3nc4c(ccn4COCC[Si](C)(C)C)cc32)C1. The number of fused-ring (bicyclic) bond motifs is 2. The van der Waals surface area contributed by atoms with E-state index in [-0.39, 0.29) is 6.42 Å². The number of methoxy groups -OCH3 is 1. The predicted molar refractivity (Wildman–Crippen MR) is 137 cm³/mol. The molecular weight excluding hydrogens is 470 g/mol. The summed E-state index contributed by atoms with van der Waals surface area (Å²) in [6.45, 7) is 10.6. The molecule has 0 spiro atoms. The summed E-state index contributed by atoms with van der Waals surface area (Å²) in [6, 6.07) is 4.90. The normalized spacial score (nSPS) is 21.1. The van der Waals surface area contributed by atoms with Crippen molar-refractivity contribution in [3.05, 3.63) is 42.3 Å². The van der Waals surface area contributed by atoms with E-state index < -0.39 is 22.8 Å². The fraction of sp³-hybridized carbons (Fsp3) is 0.542. The van der Waals surface area contributed by atoms with Crippen LogP contribution in [0.2, 0.25) is 25.7 Å². The molecule has 0 saturated carbocycles. The first kappa shape index (κ1) is 24.8.